The zero-order valence-electron chi connectivity index (χ0n) is 18.5. The lowest BCUT2D eigenvalue weighted by molar-refractivity contribution is -0.0211. The fourth-order valence-electron chi connectivity index (χ4n) is 2.19. The summed E-state index contributed by atoms with van der Waals surface area (Å²) in [7, 11) is 1.64. The van der Waals surface area contributed by atoms with Crippen LogP contribution < -0.4 is 0 Å². The molecule has 0 saturated carbocycles. The Kier molecular flexibility index (Phi) is 19.2. The molecule has 1 aromatic carbocycles. The molecule has 0 aliphatic heterocycles. The van der Waals surface area contributed by atoms with Crippen LogP contribution in [0.2, 0.25) is 0 Å². The highest BCUT2D eigenvalue weighted by molar-refractivity contribution is 5.89. The number of carbonyl (C=O) groups excluding carboxylic acids is 1. The van der Waals surface area contributed by atoms with Crippen molar-refractivity contribution >= 4 is 5.97 Å². The Labute approximate surface area is 184 Å². The van der Waals surface area contributed by atoms with Crippen LogP contribution in [0.1, 0.15) is 10.4 Å². The van der Waals surface area contributed by atoms with Crippen LogP contribution in [-0.2, 0) is 37.9 Å². The molecule has 0 aromatic heterocycles. The van der Waals surface area contributed by atoms with Crippen molar-refractivity contribution in [1.29, 1.82) is 0 Å². The molecule has 178 valence electrons. The van der Waals surface area contributed by atoms with E-state index in [9.17, 15) is 4.79 Å². The van der Waals surface area contributed by atoms with Crippen molar-refractivity contribution in [3.8, 4) is 0 Å². The fraction of sp³-hybridized carbons (Fsp3) is 0.682. The first kappa shape index (κ1) is 27.4. The molecule has 0 spiro atoms. The predicted molar refractivity (Wildman–Crippen MR) is 114 cm³/mol. The Hall–Kier alpha value is -1.59. The second-order valence-corrected chi connectivity index (χ2v) is 6.17. The van der Waals surface area contributed by atoms with E-state index in [0.717, 1.165) is 0 Å². The molecule has 0 bridgehead atoms. The maximum atomic E-state index is 11.7. The minimum atomic E-state index is -0.350. The van der Waals surface area contributed by atoms with E-state index in [4.69, 9.17) is 37.9 Å². The average Bonchev–Trinajstić information content (AvgIpc) is 2.80. The third kappa shape index (κ3) is 17.8. The highest BCUT2D eigenvalue weighted by Gasteiger charge is 2.04. The lowest BCUT2D eigenvalue weighted by Gasteiger charge is -2.08. The van der Waals surface area contributed by atoms with Crippen molar-refractivity contribution in [2.24, 2.45) is 0 Å². The Morgan fingerprint density at radius 1 is 0.548 bits per heavy atom. The SMILES string of the molecule is COCCOCCOCCOCCOCCOCCOCCOC(=O)c1ccccc1. The number of benzene rings is 1. The smallest absolute Gasteiger partial charge is 0.338 e. The van der Waals surface area contributed by atoms with Crippen LogP contribution in [0.4, 0.5) is 0 Å². The number of rotatable bonds is 22. The van der Waals surface area contributed by atoms with Crippen LogP contribution in [-0.4, -0.2) is 106 Å². The molecular formula is C22H36O9. The highest BCUT2D eigenvalue weighted by atomic mass is 16.6. The summed E-state index contributed by atoms with van der Waals surface area (Å²) in [6.07, 6.45) is 0. The zero-order valence-corrected chi connectivity index (χ0v) is 18.5. The van der Waals surface area contributed by atoms with Gasteiger partial charge in [-0.05, 0) is 12.1 Å². The van der Waals surface area contributed by atoms with Crippen LogP contribution in [0.25, 0.3) is 0 Å². The summed E-state index contributed by atoms with van der Waals surface area (Å²) < 4.78 is 42.2. The van der Waals surface area contributed by atoms with Crippen molar-refractivity contribution in [2.75, 3.05) is 99.6 Å². The molecule has 0 atom stereocenters. The molecule has 0 fully saturated rings. The van der Waals surface area contributed by atoms with Gasteiger partial charge in [-0.25, -0.2) is 4.79 Å². The van der Waals surface area contributed by atoms with Crippen molar-refractivity contribution in [1.82, 2.24) is 0 Å². The molecule has 0 N–H and O–H groups in total. The van der Waals surface area contributed by atoms with Crippen LogP contribution in [0, 0.1) is 0 Å². The topological polar surface area (TPSA) is 90.9 Å². The van der Waals surface area contributed by atoms with Crippen LogP contribution >= 0.6 is 0 Å². The second kappa shape index (κ2) is 21.6. The number of methoxy groups -OCH3 is 1. The van der Waals surface area contributed by atoms with E-state index in [1.807, 2.05) is 6.07 Å². The van der Waals surface area contributed by atoms with E-state index in [1.54, 1.807) is 31.4 Å². The Morgan fingerprint density at radius 2 is 0.903 bits per heavy atom. The minimum absolute atomic E-state index is 0.212. The molecule has 0 aliphatic rings. The normalized spacial score (nSPS) is 11.0. The zero-order chi connectivity index (χ0) is 22.2. The molecule has 1 aromatic rings. The minimum Gasteiger partial charge on any atom is -0.460 e. The molecule has 1 rings (SSSR count). The van der Waals surface area contributed by atoms with Crippen LogP contribution in [0.3, 0.4) is 0 Å². The van der Waals surface area contributed by atoms with Gasteiger partial charge >= 0.3 is 5.97 Å². The lowest BCUT2D eigenvalue weighted by atomic mass is 10.2. The summed E-state index contributed by atoms with van der Waals surface area (Å²) in [5.74, 6) is -0.350. The Balaban J connectivity index is 1.70. The van der Waals surface area contributed by atoms with Crippen molar-refractivity contribution in [3.05, 3.63) is 35.9 Å². The molecule has 0 saturated heterocycles. The van der Waals surface area contributed by atoms with Crippen molar-refractivity contribution in [2.45, 2.75) is 0 Å². The third-order valence-corrected chi connectivity index (χ3v) is 3.76. The van der Waals surface area contributed by atoms with Crippen molar-refractivity contribution < 1.29 is 42.7 Å². The Morgan fingerprint density at radius 3 is 1.29 bits per heavy atom. The van der Waals surface area contributed by atoms with Crippen LogP contribution in [0.15, 0.2) is 30.3 Å². The van der Waals surface area contributed by atoms with Crippen molar-refractivity contribution in [3.63, 3.8) is 0 Å². The van der Waals surface area contributed by atoms with E-state index in [2.05, 4.69) is 0 Å². The summed E-state index contributed by atoms with van der Waals surface area (Å²) in [6, 6.07) is 8.86. The van der Waals surface area contributed by atoms with Gasteiger partial charge in [0.25, 0.3) is 0 Å². The second-order valence-electron chi connectivity index (χ2n) is 6.17. The standard InChI is InChI=1S/C22H36O9/c1-24-7-8-25-9-10-26-11-12-27-13-14-28-15-16-29-17-18-30-19-20-31-22(23)21-5-3-2-4-6-21/h2-6H,7-20H2,1H3. The summed E-state index contributed by atoms with van der Waals surface area (Å²) in [5.41, 5.74) is 0.532. The first-order valence-electron chi connectivity index (χ1n) is 10.5. The van der Waals surface area contributed by atoms with Gasteiger partial charge in [0.1, 0.15) is 6.61 Å². The average molecular weight is 445 g/mol. The monoisotopic (exact) mass is 444 g/mol. The van der Waals surface area contributed by atoms with E-state index >= 15 is 0 Å². The largest absolute Gasteiger partial charge is 0.460 e. The summed E-state index contributed by atoms with van der Waals surface area (Å²) in [6.45, 7) is 6.76. The van der Waals surface area contributed by atoms with Gasteiger partial charge in [-0.3, -0.25) is 0 Å². The molecule has 0 amide bonds. The number of hydrogen-bond donors (Lipinski definition) is 0. The maximum absolute atomic E-state index is 11.7. The number of ether oxygens (including phenoxy) is 8. The van der Waals surface area contributed by atoms with E-state index < -0.39 is 0 Å². The van der Waals surface area contributed by atoms with Gasteiger partial charge in [-0.15, -0.1) is 0 Å². The number of hydrogen-bond acceptors (Lipinski definition) is 9. The van der Waals surface area contributed by atoms with Gasteiger partial charge in [-0.1, -0.05) is 18.2 Å². The maximum Gasteiger partial charge on any atom is 0.338 e. The lowest BCUT2D eigenvalue weighted by Crippen LogP contribution is -2.15. The molecule has 0 radical (unpaired) electrons. The Bertz CT molecular complexity index is 513. The summed E-state index contributed by atoms with van der Waals surface area (Å²) in [4.78, 5) is 11.7. The third-order valence-electron chi connectivity index (χ3n) is 3.76. The van der Waals surface area contributed by atoms with Gasteiger partial charge in [0.05, 0.1) is 91.5 Å². The first-order valence-corrected chi connectivity index (χ1v) is 10.5. The predicted octanol–water partition coefficient (Wildman–Crippen LogP) is 1.59. The van der Waals surface area contributed by atoms with Gasteiger partial charge in [0, 0.05) is 7.11 Å². The van der Waals surface area contributed by atoms with Gasteiger partial charge in [0.15, 0.2) is 0 Å². The molecule has 0 aliphatic carbocycles. The van der Waals surface area contributed by atoms with E-state index in [0.29, 0.717) is 91.5 Å². The molecule has 9 heteroatoms. The summed E-state index contributed by atoms with van der Waals surface area (Å²) in [5, 5.41) is 0. The van der Waals surface area contributed by atoms with E-state index in [-0.39, 0.29) is 12.6 Å². The van der Waals surface area contributed by atoms with E-state index in [1.165, 1.54) is 0 Å². The highest BCUT2D eigenvalue weighted by Crippen LogP contribution is 2.00. The summed E-state index contributed by atoms with van der Waals surface area (Å²) >= 11 is 0. The van der Waals surface area contributed by atoms with Gasteiger partial charge < -0.3 is 37.9 Å². The fourth-order valence-corrected chi connectivity index (χ4v) is 2.19. The van der Waals surface area contributed by atoms with Crippen LogP contribution in [0.5, 0.6) is 0 Å². The number of esters is 1. The molecule has 9 nitrogen and oxygen atoms in total. The molecular weight excluding hydrogens is 408 g/mol. The van der Waals surface area contributed by atoms with Gasteiger partial charge in [-0.2, -0.15) is 0 Å². The quantitative estimate of drug-likeness (QED) is 0.195. The first-order chi connectivity index (χ1) is 15.3. The molecule has 0 heterocycles. The molecule has 0 unspecified atom stereocenters. The molecule has 31 heavy (non-hydrogen) atoms. The number of carbonyl (C=O) groups is 1. The van der Waals surface area contributed by atoms with Gasteiger partial charge in [0.2, 0.25) is 0 Å².